The Labute approximate surface area is 265 Å². The van der Waals surface area contributed by atoms with E-state index in [1.165, 1.54) is 64.2 Å². The van der Waals surface area contributed by atoms with Crippen LogP contribution in [0.5, 0.6) is 0 Å². The van der Waals surface area contributed by atoms with Gasteiger partial charge in [-0.15, -0.1) is 0 Å². The van der Waals surface area contributed by atoms with Crippen LogP contribution in [-0.2, 0) is 14.3 Å². The van der Waals surface area contributed by atoms with E-state index < -0.39 is 5.97 Å². The van der Waals surface area contributed by atoms with E-state index >= 15 is 0 Å². The Bertz CT molecular complexity index is 774. The van der Waals surface area contributed by atoms with Crippen molar-refractivity contribution >= 4 is 11.9 Å². The highest BCUT2D eigenvalue weighted by Gasteiger charge is 2.11. The maximum atomic E-state index is 12.5. The van der Waals surface area contributed by atoms with Gasteiger partial charge < -0.3 is 9.84 Å². The van der Waals surface area contributed by atoms with Crippen molar-refractivity contribution in [2.45, 2.75) is 174 Å². The van der Waals surface area contributed by atoms with E-state index in [1.54, 1.807) is 0 Å². The zero-order valence-corrected chi connectivity index (χ0v) is 28.0. The molecule has 0 aliphatic rings. The molecule has 4 heteroatoms. The first kappa shape index (κ1) is 40.6. The Morgan fingerprint density at radius 3 is 1.65 bits per heavy atom. The fraction of sp³-hybridized carbons (Fsp3) is 0.692. The lowest BCUT2D eigenvalue weighted by Gasteiger charge is -2.14. The molecule has 0 rings (SSSR count). The maximum Gasteiger partial charge on any atom is 0.306 e. The van der Waals surface area contributed by atoms with Crippen LogP contribution in [-0.4, -0.2) is 23.1 Å². The number of ether oxygens (including phenoxy) is 1. The zero-order chi connectivity index (χ0) is 31.5. The second-order valence-corrected chi connectivity index (χ2v) is 11.7. The third-order valence-electron chi connectivity index (χ3n) is 7.46. The van der Waals surface area contributed by atoms with Crippen molar-refractivity contribution in [1.29, 1.82) is 0 Å². The van der Waals surface area contributed by atoms with Crippen LogP contribution >= 0.6 is 0 Å². The monoisotopic (exact) mass is 598 g/mol. The minimum Gasteiger partial charge on any atom is -0.481 e. The molecule has 0 aromatic rings. The average Bonchev–Trinajstić information content (AvgIpc) is 2.99. The number of carboxylic acids is 1. The van der Waals surface area contributed by atoms with Gasteiger partial charge in [-0.1, -0.05) is 133 Å². The van der Waals surface area contributed by atoms with E-state index in [0.29, 0.717) is 12.8 Å². The highest BCUT2D eigenvalue weighted by molar-refractivity contribution is 5.69. The van der Waals surface area contributed by atoms with Gasteiger partial charge in [0.15, 0.2) is 0 Å². The Balaban J connectivity index is 4.08. The molecule has 0 aromatic heterocycles. The van der Waals surface area contributed by atoms with E-state index in [0.717, 1.165) is 70.6 Å². The summed E-state index contributed by atoms with van der Waals surface area (Å²) in [5.74, 6) is -0.822. The molecule has 0 saturated heterocycles. The Kier molecular flexibility index (Phi) is 32.3. The van der Waals surface area contributed by atoms with Crippen LogP contribution < -0.4 is 0 Å². The number of carbonyl (C=O) groups is 2. The molecular weight excluding hydrogens is 532 g/mol. The molecule has 0 fully saturated rings. The molecular formula is C39H66O4. The minimum absolute atomic E-state index is 0.0916. The van der Waals surface area contributed by atoms with Gasteiger partial charge in [-0.2, -0.15) is 0 Å². The largest absolute Gasteiger partial charge is 0.481 e. The van der Waals surface area contributed by atoms with Gasteiger partial charge in [0.1, 0.15) is 6.10 Å². The molecule has 0 aliphatic heterocycles. The number of carboxylic acid groups (broad SMARTS) is 1. The summed E-state index contributed by atoms with van der Waals surface area (Å²) >= 11 is 0. The molecule has 0 saturated carbocycles. The fourth-order valence-electron chi connectivity index (χ4n) is 4.85. The summed E-state index contributed by atoms with van der Waals surface area (Å²) in [5, 5.41) is 8.81. The van der Waals surface area contributed by atoms with Crippen LogP contribution in [0.15, 0.2) is 60.8 Å². The van der Waals surface area contributed by atoms with Gasteiger partial charge in [0.2, 0.25) is 0 Å². The van der Waals surface area contributed by atoms with Crippen molar-refractivity contribution in [3.8, 4) is 0 Å². The standard InChI is InChI=1S/C39H66O4/c1-3-5-7-9-11-13-14-15-16-17-18-19-20-22-24-26-32-36-39(42)43-37(34-30-27-28-31-35-38(40)41)33-29-25-23-21-12-10-8-6-4-2/h5,7,11,13,15-16,21,23,29,33,37H,3-4,6,8-10,12,14,17-20,22,24-28,30-32,34-36H2,1-2H3,(H,40,41)/b7-5-,13-11-,16-15-,23-21-,33-29-. The van der Waals surface area contributed by atoms with Crippen molar-refractivity contribution in [2.75, 3.05) is 0 Å². The number of hydrogen-bond donors (Lipinski definition) is 1. The van der Waals surface area contributed by atoms with Gasteiger partial charge in [0.25, 0.3) is 0 Å². The van der Waals surface area contributed by atoms with Crippen molar-refractivity contribution in [2.24, 2.45) is 0 Å². The van der Waals surface area contributed by atoms with Crippen molar-refractivity contribution in [3.63, 3.8) is 0 Å². The van der Waals surface area contributed by atoms with Crippen LogP contribution in [0.25, 0.3) is 0 Å². The first-order valence-corrected chi connectivity index (χ1v) is 17.8. The Hall–Kier alpha value is -2.36. The first-order valence-electron chi connectivity index (χ1n) is 17.8. The number of esters is 1. The molecule has 43 heavy (non-hydrogen) atoms. The van der Waals surface area contributed by atoms with Crippen LogP contribution in [0.3, 0.4) is 0 Å². The first-order chi connectivity index (χ1) is 21.1. The van der Waals surface area contributed by atoms with Crippen LogP contribution in [0.2, 0.25) is 0 Å². The minimum atomic E-state index is -0.730. The van der Waals surface area contributed by atoms with Crippen molar-refractivity contribution < 1.29 is 19.4 Å². The van der Waals surface area contributed by atoms with E-state index in [9.17, 15) is 9.59 Å². The summed E-state index contributed by atoms with van der Waals surface area (Å²) in [7, 11) is 0. The summed E-state index contributed by atoms with van der Waals surface area (Å²) in [6, 6.07) is 0. The molecule has 0 heterocycles. The van der Waals surface area contributed by atoms with Crippen LogP contribution in [0, 0.1) is 0 Å². The molecule has 1 unspecified atom stereocenters. The number of unbranched alkanes of at least 4 members (excludes halogenated alkanes) is 14. The van der Waals surface area contributed by atoms with Crippen molar-refractivity contribution in [1.82, 2.24) is 0 Å². The summed E-state index contributed by atoms with van der Waals surface area (Å²) in [5.41, 5.74) is 0. The highest BCUT2D eigenvalue weighted by Crippen LogP contribution is 2.15. The second kappa shape index (κ2) is 34.1. The van der Waals surface area contributed by atoms with Crippen LogP contribution in [0.1, 0.15) is 168 Å². The maximum absolute atomic E-state index is 12.5. The smallest absolute Gasteiger partial charge is 0.306 e. The highest BCUT2D eigenvalue weighted by atomic mass is 16.5. The lowest BCUT2D eigenvalue weighted by Crippen LogP contribution is -2.16. The molecule has 0 bridgehead atoms. The molecule has 0 spiro atoms. The number of carbonyl (C=O) groups excluding carboxylic acids is 1. The number of aliphatic carboxylic acids is 1. The molecule has 0 amide bonds. The SMILES string of the molecule is CC/C=C\C/C=C\C/C=C\CCCCCCCCCC(=O)OC(/C=C\C/C=C\CCCCCC)CCCCCCC(=O)O. The third-order valence-corrected chi connectivity index (χ3v) is 7.46. The lowest BCUT2D eigenvalue weighted by atomic mass is 10.1. The van der Waals surface area contributed by atoms with Crippen LogP contribution in [0.4, 0.5) is 0 Å². The average molecular weight is 599 g/mol. The van der Waals surface area contributed by atoms with Gasteiger partial charge in [0.05, 0.1) is 0 Å². The van der Waals surface area contributed by atoms with E-state index in [4.69, 9.17) is 9.84 Å². The number of rotatable bonds is 31. The molecule has 0 aromatic carbocycles. The van der Waals surface area contributed by atoms with Crippen molar-refractivity contribution in [3.05, 3.63) is 60.8 Å². The topological polar surface area (TPSA) is 63.6 Å². The quantitative estimate of drug-likeness (QED) is 0.0490. The van der Waals surface area contributed by atoms with E-state index in [1.807, 2.05) is 0 Å². The summed E-state index contributed by atoms with van der Waals surface area (Å²) in [6.07, 6.45) is 46.7. The van der Waals surface area contributed by atoms with Gasteiger partial charge in [-0.05, 0) is 83.1 Å². The predicted molar refractivity (Wildman–Crippen MR) is 185 cm³/mol. The van der Waals surface area contributed by atoms with E-state index in [2.05, 4.69) is 74.6 Å². The lowest BCUT2D eigenvalue weighted by molar-refractivity contribution is -0.147. The summed E-state index contributed by atoms with van der Waals surface area (Å²) in [4.78, 5) is 23.2. The molecule has 1 atom stereocenters. The van der Waals surface area contributed by atoms with Gasteiger partial charge in [0, 0.05) is 12.8 Å². The molecule has 1 N–H and O–H groups in total. The molecule has 0 radical (unpaired) electrons. The molecule has 4 nitrogen and oxygen atoms in total. The zero-order valence-electron chi connectivity index (χ0n) is 28.0. The summed E-state index contributed by atoms with van der Waals surface area (Å²) < 4.78 is 5.84. The summed E-state index contributed by atoms with van der Waals surface area (Å²) in [6.45, 7) is 4.39. The van der Waals surface area contributed by atoms with Gasteiger partial charge >= 0.3 is 11.9 Å². The normalized spacial score (nSPS) is 13.0. The Morgan fingerprint density at radius 2 is 1.05 bits per heavy atom. The number of hydrogen-bond acceptors (Lipinski definition) is 3. The van der Waals surface area contributed by atoms with E-state index in [-0.39, 0.29) is 18.5 Å². The number of allylic oxidation sites excluding steroid dienone is 9. The third kappa shape index (κ3) is 34.0. The van der Waals surface area contributed by atoms with Gasteiger partial charge in [-0.3, -0.25) is 9.59 Å². The fourth-order valence-corrected chi connectivity index (χ4v) is 4.85. The predicted octanol–water partition coefficient (Wildman–Crippen LogP) is 12.2. The molecule has 246 valence electrons. The molecule has 0 aliphatic carbocycles. The van der Waals surface area contributed by atoms with Gasteiger partial charge in [-0.25, -0.2) is 0 Å². The Morgan fingerprint density at radius 1 is 0.558 bits per heavy atom. The second-order valence-electron chi connectivity index (χ2n) is 11.7.